The molecule has 4 rings (SSSR count). The highest BCUT2D eigenvalue weighted by Crippen LogP contribution is 2.33. The number of nitrogens with zero attached hydrogens (tertiary/aromatic N) is 1. The third-order valence-electron chi connectivity index (χ3n) is 6.90. The van der Waals surface area contributed by atoms with Crippen molar-refractivity contribution in [2.45, 2.75) is 65.9 Å². The largest absolute Gasteiger partial charge is 0.459 e. The minimum absolute atomic E-state index is 0.180. The summed E-state index contributed by atoms with van der Waals surface area (Å²) in [5.41, 5.74) is 3.54. The van der Waals surface area contributed by atoms with E-state index in [1.807, 2.05) is 88.4 Å². The fourth-order valence-corrected chi connectivity index (χ4v) is 4.62. The van der Waals surface area contributed by atoms with Crippen molar-refractivity contribution in [3.63, 3.8) is 0 Å². The molecule has 0 fully saturated rings. The zero-order valence-corrected chi connectivity index (χ0v) is 24.2. The molecule has 1 aromatic heterocycles. The van der Waals surface area contributed by atoms with Gasteiger partial charge in [-0.25, -0.2) is 9.59 Å². The molecule has 0 unspecified atom stereocenters. The Bertz CT molecular complexity index is 1460. The minimum Gasteiger partial charge on any atom is -0.459 e. The molecular weight excluding hydrogens is 514 g/mol. The number of hydrogen-bond donors (Lipinski definition) is 0. The van der Waals surface area contributed by atoms with Gasteiger partial charge in [-0.1, -0.05) is 75.7 Å². The lowest BCUT2D eigenvalue weighted by atomic mass is 9.98. The molecule has 0 N–H and O–H groups in total. The predicted molar refractivity (Wildman–Crippen MR) is 160 cm³/mol. The van der Waals surface area contributed by atoms with E-state index in [4.69, 9.17) is 19.2 Å². The van der Waals surface area contributed by atoms with Gasteiger partial charge in [-0.15, -0.1) is 0 Å². The van der Waals surface area contributed by atoms with Gasteiger partial charge in [-0.3, -0.25) is 4.98 Å². The average molecular weight is 552 g/mol. The van der Waals surface area contributed by atoms with E-state index in [2.05, 4.69) is 0 Å². The van der Waals surface area contributed by atoms with Crippen LogP contribution in [0.15, 0.2) is 84.9 Å². The normalized spacial score (nSPS) is 10.9. The maximum absolute atomic E-state index is 13.7. The van der Waals surface area contributed by atoms with Crippen LogP contribution >= 0.6 is 0 Å². The van der Waals surface area contributed by atoms with E-state index in [1.165, 1.54) is 0 Å². The number of rotatable bonds is 12. The van der Waals surface area contributed by atoms with Crippen molar-refractivity contribution in [2.24, 2.45) is 0 Å². The average Bonchev–Trinajstić information content (AvgIpc) is 2.99. The SMILES string of the molecule is CCCc1nc(Cc2cccc(Oc3ccccc3)c2)c(C)c(C(=O)OC(CC)CC)c1OC(=O)c1ccccc1. The van der Waals surface area contributed by atoms with Crippen LogP contribution in [-0.4, -0.2) is 23.0 Å². The van der Waals surface area contributed by atoms with Gasteiger partial charge < -0.3 is 14.2 Å². The van der Waals surface area contributed by atoms with E-state index >= 15 is 0 Å². The lowest BCUT2D eigenvalue weighted by molar-refractivity contribution is 0.0279. The number of carbonyl (C=O) groups excluding carboxylic acids is 2. The highest BCUT2D eigenvalue weighted by Gasteiger charge is 2.28. The smallest absolute Gasteiger partial charge is 0.343 e. The standard InChI is InChI=1S/C35H37NO5/c1-5-15-30-33(41-34(37)26-17-10-8-11-18-26)32(35(38)40-27(6-2)7-3)24(4)31(36-30)23-25-16-14-21-29(22-25)39-28-19-12-9-13-20-28/h8-14,16-22,27H,5-7,15,23H2,1-4H3. The molecule has 0 bridgehead atoms. The Hall–Kier alpha value is -4.45. The fourth-order valence-electron chi connectivity index (χ4n) is 4.62. The van der Waals surface area contributed by atoms with Crippen LogP contribution in [0.25, 0.3) is 0 Å². The van der Waals surface area contributed by atoms with E-state index in [0.29, 0.717) is 48.3 Å². The summed E-state index contributed by atoms with van der Waals surface area (Å²) in [6.45, 7) is 7.83. The Kier molecular flexibility index (Phi) is 10.3. The Morgan fingerprint density at radius 3 is 2.10 bits per heavy atom. The summed E-state index contributed by atoms with van der Waals surface area (Å²) in [6.07, 6.45) is 2.90. The second-order valence-electron chi connectivity index (χ2n) is 9.92. The van der Waals surface area contributed by atoms with Gasteiger partial charge in [0.1, 0.15) is 23.2 Å². The zero-order chi connectivity index (χ0) is 29.2. The molecular formula is C35H37NO5. The monoisotopic (exact) mass is 551 g/mol. The molecule has 212 valence electrons. The summed E-state index contributed by atoms with van der Waals surface area (Å²) in [5, 5.41) is 0. The number of benzene rings is 3. The van der Waals surface area contributed by atoms with Crippen molar-refractivity contribution in [3.05, 3.63) is 119 Å². The topological polar surface area (TPSA) is 74.7 Å². The first-order chi connectivity index (χ1) is 19.9. The lowest BCUT2D eigenvalue weighted by Crippen LogP contribution is -2.22. The third kappa shape index (κ3) is 7.60. The van der Waals surface area contributed by atoms with Crippen LogP contribution in [0.1, 0.15) is 83.3 Å². The van der Waals surface area contributed by atoms with E-state index in [0.717, 1.165) is 23.4 Å². The molecule has 4 aromatic rings. The molecule has 0 amide bonds. The van der Waals surface area contributed by atoms with Crippen LogP contribution in [0.5, 0.6) is 17.2 Å². The first kappa shape index (κ1) is 29.5. The van der Waals surface area contributed by atoms with Gasteiger partial charge in [0.2, 0.25) is 0 Å². The van der Waals surface area contributed by atoms with Gasteiger partial charge in [0.05, 0.1) is 11.3 Å². The summed E-state index contributed by atoms with van der Waals surface area (Å²) >= 11 is 0. The van der Waals surface area contributed by atoms with Crippen LogP contribution in [-0.2, 0) is 17.6 Å². The maximum atomic E-state index is 13.7. The number of hydrogen-bond acceptors (Lipinski definition) is 6. The van der Waals surface area contributed by atoms with Crippen LogP contribution < -0.4 is 9.47 Å². The summed E-state index contributed by atoms with van der Waals surface area (Å²) < 4.78 is 17.9. The predicted octanol–water partition coefficient (Wildman–Crippen LogP) is 8.29. The Morgan fingerprint density at radius 2 is 1.44 bits per heavy atom. The van der Waals surface area contributed by atoms with Gasteiger partial charge in [-0.05, 0) is 73.7 Å². The molecule has 6 heteroatoms. The summed E-state index contributed by atoms with van der Waals surface area (Å²) in [5.74, 6) is 0.592. The van der Waals surface area contributed by atoms with E-state index in [9.17, 15) is 9.59 Å². The highest BCUT2D eigenvalue weighted by atomic mass is 16.6. The molecule has 0 aliphatic rings. The number of para-hydroxylation sites is 1. The molecule has 0 aliphatic carbocycles. The van der Waals surface area contributed by atoms with Gasteiger partial charge in [-0.2, -0.15) is 0 Å². The molecule has 6 nitrogen and oxygen atoms in total. The number of carbonyl (C=O) groups is 2. The second kappa shape index (κ2) is 14.3. The van der Waals surface area contributed by atoms with Crippen LogP contribution in [0.2, 0.25) is 0 Å². The molecule has 3 aromatic carbocycles. The molecule has 41 heavy (non-hydrogen) atoms. The van der Waals surface area contributed by atoms with Crippen molar-refractivity contribution in [1.29, 1.82) is 0 Å². The molecule has 0 spiro atoms. The van der Waals surface area contributed by atoms with Crippen LogP contribution in [0, 0.1) is 6.92 Å². The molecule has 0 atom stereocenters. The van der Waals surface area contributed by atoms with E-state index < -0.39 is 11.9 Å². The van der Waals surface area contributed by atoms with Crippen LogP contribution in [0.3, 0.4) is 0 Å². The highest BCUT2D eigenvalue weighted by molar-refractivity contribution is 5.98. The number of aryl methyl sites for hydroxylation is 1. The molecule has 0 radical (unpaired) electrons. The van der Waals surface area contributed by atoms with Gasteiger partial charge in [0.25, 0.3) is 0 Å². The Morgan fingerprint density at radius 1 is 0.780 bits per heavy atom. The number of pyridine rings is 1. The zero-order valence-electron chi connectivity index (χ0n) is 24.2. The Balaban J connectivity index is 1.75. The minimum atomic E-state index is -0.542. The van der Waals surface area contributed by atoms with E-state index in [1.54, 1.807) is 24.3 Å². The summed E-state index contributed by atoms with van der Waals surface area (Å²) in [4.78, 5) is 31.8. The molecule has 0 aliphatic heterocycles. The number of esters is 2. The van der Waals surface area contributed by atoms with Gasteiger partial charge >= 0.3 is 11.9 Å². The van der Waals surface area contributed by atoms with Gasteiger partial charge in [0, 0.05) is 12.1 Å². The first-order valence-electron chi connectivity index (χ1n) is 14.3. The first-order valence-corrected chi connectivity index (χ1v) is 14.3. The molecule has 0 saturated heterocycles. The van der Waals surface area contributed by atoms with Crippen molar-refractivity contribution in [1.82, 2.24) is 4.98 Å². The Labute approximate surface area is 242 Å². The fraction of sp³-hybridized carbons (Fsp3) is 0.286. The molecule has 0 saturated carbocycles. The maximum Gasteiger partial charge on any atom is 0.343 e. The second-order valence-corrected chi connectivity index (χ2v) is 9.92. The van der Waals surface area contributed by atoms with Crippen LogP contribution in [0.4, 0.5) is 0 Å². The number of aromatic nitrogens is 1. The molecule has 1 heterocycles. The van der Waals surface area contributed by atoms with Crippen molar-refractivity contribution in [2.75, 3.05) is 0 Å². The summed E-state index contributed by atoms with van der Waals surface area (Å²) in [7, 11) is 0. The third-order valence-corrected chi connectivity index (χ3v) is 6.90. The van der Waals surface area contributed by atoms with Crippen molar-refractivity contribution < 1.29 is 23.8 Å². The number of ether oxygens (including phenoxy) is 3. The van der Waals surface area contributed by atoms with E-state index in [-0.39, 0.29) is 17.4 Å². The van der Waals surface area contributed by atoms with Crippen molar-refractivity contribution >= 4 is 11.9 Å². The quantitative estimate of drug-likeness (QED) is 0.165. The van der Waals surface area contributed by atoms with Crippen molar-refractivity contribution in [3.8, 4) is 17.2 Å². The summed E-state index contributed by atoms with van der Waals surface area (Å²) in [6, 6.07) is 26.2. The van der Waals surface area contributed by atoms with Gasteiger partial charge in [0.15, 0.2) is 5.75 Å². The lowest BCUT2D eigenvalue weighted by Gasteiger charge is -2.21.